The lowest BCUT2D eigenvalue weighted by Gasteiger charge is -2.17. The quantitative estimate of drug-likeness (QED) is 0.867. The zero-order valence-corrected chi connectivity index (χ0v) is 14.1. The van der Waals surface area contributed by atoms with Gasteiger partial charge in [-0.05, 0) is 31.4 Å². The normalized spacial score (nSPS) is 11.7. The number of para-hydroxylation sites is 1. The molecule has 0 aliphatic rings. The Morgan fingerprint density at radius 1 is 1.30 bits per heavy atom. The van der Waals surface area contributed by atoms with Crippen LogP contribution in [0.2, 0.25) is 0 Å². The maximum absolute atomic E-state index is 12.6. The predicted molar refractivity (Wildman–Crippen MR) is 84.3 cm³/mol. The summed E-state index contributed by atoms with van der Waals surface area (Å²) < 4.78 is 32.6. The van der Waals surface area contributed by atoms with Gasteiger partial charge in [-0.3, -0.25) is 4.72 Å². The molecule has 0 aliphatic carbocycles. The molecule has 0 saturated carbocycles. The fraction of sp³-hybridized carbons (Fsp3) is 0.333. The number of sulfonamides is 1. The van der Waals surface area contributed by atoms with Crippen molar-refractivity contribution in [2.45, 2.75) is 38.5 Å². The first kappa shape index (κ1) is 17.0. The second-order valence-corrected chi connectivity index (χ2v) is 7.11. The SMILES string of the molecule is Cc1noc(C)c1S(=O)(=O)Nc1c(C(=O)O)cccc1C(C)C. The van der Waals surface area contributed by atoms with Crippen LogP contribution in [0.25, 0.3) is 0 Å². The van der Waals surface area contributed by atoms with Gasteiger partial charge in [0.05, 0.1) is 11.3 Å². The maximum atomic E-state index is 12.6. The molecule has 0 aliphatic heterocycles. The Kier molecular flexibility index (Phi) is 4.46. The smallest absolute Gasteiger partial charge is 0.337 e. The summed E-state index contributed by atoms with van der Waals surface area (Å²) in [5.41, 5.74) is 0.774. The average molecular weight is 338 g/mol. The second-order valence-electron chi connectivity index (χ2n) is 5.49. The Bertz CT molecular complexity index is 833. The van der Waals surface area contributed by atoms with Gasteiger partial charge >= 0.3 is 5.97 Å². The molecular formula is C15H18N2O5S. The molecule has 0 radical (unpaired) electrons. The van der Waals surface area contributed by atoms with E-state index in [2.05, 4.69) is 9.88 Å². The van der Waals surface area contributed by atoms with Gasteiger partial charge in [0.15, 0.2) is 10.7 Å². The molecule has 7 nitrogen and oxygen atoms in total. The predicted octanol–water partition coefficient (Wildman–Crippen LogP) is 2.91. The highest BCUT2D eigenvalue weighted by Crippen LogP contribution is 2.31. The Hall–Kier alpha value is -2.35. The summed E-state index contributed by atoms with van der Waals surface area (Å²) in [6.45, 7) is 6.71. The van der Waals surface area contributed by atoms with E-state index in [1.54, 1.807) is 12.1 Å². The topological polar surface area (TPSA) is 110 Å². The standard InChI is InChI=1S/C15H18N2O5S/c1-8(2)11-6-5-7-12(15(18)19)13(11)17-23(20,21)14-9(3)16-22-10(14)4/h5-8,17H,1-4H3,(H,18,19). The number of nitrogens with one attached hydrogen (secondary N) is 1. The minimum Gasteiger partial charge on any atom is -0.478 e. The van der Waals surface area contributed by atoms with Gasteiger partial charge in [0.1, 0.15) is 5.69 Å². The van der Waals surface area contributed by atoms with Crippen molar-refractivity contribution in [3.8, 4) is 0 Å². The molecule has 23 heavy (non-hydrogen) atoms. The fourth-order valence-corrected chi connectivity index (χ4v) is 3.83. The van der Waals surface area contributed by atoms with Crippen molar-refractivity contribution in [3.05, 3.63) is 40.8 Å². The van der Waals surface area contributed by atoms with Crippen LogP contribution >= 0.6 is 0 Å². The summed E-state index contributed by atoms with van der Waals surface area (Å²) in [6.07, 6.45) is 0. The molecule has 1 aromatic heterocycles. The van der Waals surface area contributed by atoms with Crippen molar-refractivity contribution < 1.29 is 22.8 Å². The summed E-state index contributed by atoms with van der Waals surface area (Å²) >= 11 is 0. The molecule has 0 fully saturated rings. The largest absolute Gasteiger partial charge is 0.478 e. The monoisotopic (exact) mass is 338 g/mol. The lowest BCUT2D eigenvalue weighted by molar-refractivity contribution is 0.0698. The molecule has 0 bridgehead atoms. The third kappa shape index (κ3) is 3.21. The van der Waals surface area contributed by atoms with Gasteiger partial charge in [-0.1, -0.05) is 31.1 Å². The average Bonchev–Trinajstić information content (AvgIpc) is 2.78. The molecule has 124 valence electrons. The molecule has 1 heterocycles. The molecular weight excluding hydrogens is 320 g/mol. The van der Waals surface area contributed by atoms with Crippen LogP contribution < -0.4 is 4.72 Å². The van der Waals surface area contributed by atoms with E-state index < -0.39 is 16.0 Å². The zero-order chi connectivity index (χ0) is 17.4. The van der Waals surface area contributed by atoms with Gasteiger partial charge in [0.2, 0.25) is 0 Å². The first-order valence-corrected chi connectivity index (χ1v) is 8.45. The van der Waals surface area contributed by atoms with E-state index in [-0.39, 0.29) is 33.5 Å². The molecule has 0 amide bonds. The third-order valence-corrected chi connectivity index (χ3v) is 5.02. The van der Waals surface area contributed by atoms with Crippen molar-refractivity contribution in [2.24, 2.45) is 0 Å². The summed E-state index contributed by atoms with van der Waals surface area (Å²) in [6, 6.07) is 4.65. The summed E-state index contributed by atoms with van der Waals surface area (Å²) in [7, 11) is -4.01. The first-order chi connectivity index (χ1) is 10.6. The molecule has 2 rings (SSSR count). The number of rotatable bonds is 5. The highest BCUT2D eigenvalue weighted by atomic mass is 32.2. The minimum absolute atomic E-state index is 0.0586. The van der Waals surface area contributed by atoms with Crippen LogP contribution in [0.3, 0.4) is 0 Å². The van der Waals surface area contributed by atoms with Gasteiger partial charge in [-0.15, -0.1) is 0 Å². The lowest BCUT2D eigenvalue weighted by atomic mass is 9.98. The van der Waals surface area contributed by atoms with Crippen molar-refractivity contribution >= 4 is 21.7 Å². The number of carboxylic acid groups (broad SMARTS) is 1. The highest BCUT2D eigenvalue weighted by Gasteiger charge is 2.27. The van der Waals surface area contributed by atoms with E-state index in [1.165, 1.54) is 19.9 Å². The Labute approximate surface area is 134 Å². The van der Waals surface area contributed by atoms with E-state index >= 15 is 0 Å². The molecule has 8 heteroatoms. The molecule has 1 aromatic carbocycles. The van der Waals surface area contributed by atoms with E-state index in [9.17, 15) is 18.3 Å². The molecule has 0 atom stereocenters. The van der Waals surface area contributed by atoms with E-state index in [4.69, 9.17) is 4.52 Å². The van der Waals surface area contributed by atoms with Gasteiger partial charge in [0, 0.05) is 0 Å². The van der Waals surface area contributed by atoms with E-state index in [0.717, 1.165) is 0 Å². The fourth-order valence-electron chi connectivity index (χ4n) is 2.39. The van der Waals surface area contributed by atoms with Crippen LogP contribution in [0.15, 0.2) is 27.6 Å². The van der Waals surface area contributed by atoms with Crippen LogP contribution in [-0.2, 0) is 10.0 Å². The minimum atomic E-state index is -4.01. The Morgan fingerprint density at radius 2 is 1.96 bits per heavy atom. The Morgan fingerprint density at radius 3 is 2.43 bits per heavy atom. The van der Waals surface area contributed by atoms with Crippen molar-refractivity contribution in [3.63, 3.8) is 0 Å². The highest BCUT2D eigenvalue weighted by molar-refractivity contribution is 7.92. The number of nitrogens with zero attached hydrogens (tertiary/aromatic N) is 1. The number of hydrogen-bond acceptors (Lipinski definition) is 5. The third-order valence-electron chi connectivity index (χ3n) is 3.42. The molecule has 0 unspecified atom stereocenters. The Balaban J connectivity index is 2.61. The van der Waals surface area contributed by atoms with Crippen LogP contribution in [-0.4, -0.2) is 24.7 Å². The van der Waals surface area contributed by atoms with E-state index in [0.29, 0.717) is 5.56 Å². The number of anilines is 1. The second kappa shape index (κ2) is 6.04. The van der Waals surface area contributed by atoms with Crippen LogP contribution in [0, 0.1) is 13.8 Å². The van der Waals surface area contributed by atoms with Gasteiger partial charge in [0.25, 0.3) is 10.0 Å². The number of benzene rings is 1. The number of aryl methyl sites for hydroxylation is 2. The summed E-state index contributed by atoms with van der Waals surface area (Å²) in [5.74, 6) is -1.12. The van der Waals surface area contributed by atoms with Crippen LogP contribution in [0.5, 0.6) is 0 Å². The van der Waals surface area contributed by atoms with Crippen LogP contribution in [0.1, 0.15) is 47.1 Å². The number of carbonyl (C=O) groups is 1. The van der Waals surface area contributed by atoms with Gasteiger partial charge in [-0.2, -0.15) is 0 Å². The van der Waals surface area contributed by atoms with Crippen molar-refractivity contribution in [1.82, 2.24) is 5.16 Å². The number of carboxylic acids is 1. The first-order valence-electron chi connectivity index (χ1n) is 6.97. The van der Waals surface area contributed by atoms with Crippen molar-refractivity contribution in [1.29, 1.82) is 0 Å². The van der Waals surface area contributed by atoms with Gasteiger partial charge < -0.3 is 9.63 Å². The maximum Gasteiger partial charge on any atom is 0.337 e. The van der Waals surface area contributed by atoms with Crippen molar-refractivity contribution in [2.75, 3.05) is 4.72 Å². The summed E-state index contributed by atoms with van der Waals surface area (Å²) in [5, 5.41) is 13.0. The number of aromatic nitrogens is 1. The van der Waals surface area contributed by atoms with Crippen LogP contribution in [0.4, 0.5) is 5.69 Å². The zero-order valence-electron chi connectivity index (χ0n) is 13.2. The summed E-state index contributed by atoms with van der Waals surface area (Å²) in [4.78, 5) is 11.4. The lowest BCUT2D eigenvalue weighted by Crippen LogP contribution is -2.18. The molecule has 2 aromatic rings. The molecule has 0 saturated heterocycles. The number of aromatic carboxylic acids is 1. The number of hydrogen-bond donors (Lipinski definition) is 2. The molecule has 0 spiro atoms. The van der Waals surface area contributed by atoms with E-state index in [1.807, 2.05) is 13.8 Å². The van der Waals surface area contributed by atoms with Gasteiger partial charge in [-0.25, -0.2) is 13.2 Å². The molecule has 2 N–H and O–H groups in total.